The van der Waals surface area contributed by atoms with Gasteiger partial charge in [0, 0.05) is 10.8 Å². The van der Waals surface area contributed by atoms with Crippen LogP contribution >= 0.6 is 11.8 Å². The van der Waals surface area contributed by atoms with Gasteiger partial charge in [-0.05, 0) is 26.1 Å². The normalized spacial score (nSPS) is 31.3. The van der Waals surface area contributed by atoms with Crippen LogP contribution in [0.4, 0.5) is 0 Å². The second kappa shape index (κ2) is 5.15. The van der Waals surface area contributed by atoms with Crippen LogP contribution in [-0.4, -0.2) is 51.9 Å². The van der Waals surface area contributed by atoms with Gasteiger partial charge in [-0.1, -0.05) is 0 Å². The number of carboxylic acids is 1. The van der Waals surface area contributed by atoms with E-state index in [1.54, 1.807) is 13.2 Å². The topological polar surface area (TPSA) is 104 Å². The van der Waals surface area contributed by atoms with Gasteiger partial charge in [-0.25, -0.2) is 4.79 Å². The van der Waals surface area contributed by atoms with Crippen molar-refractivity contribution in [2.24, 2.45) is 17.6 Å². The molecule has 0 aromatic rings. The highest BCUT2D eigenvalue weighted by molar-refractivity contribution is 8.02. The second-order valence-electron chi connectivity index (χ2n) is 4.87. The minimum absolute atomic E-state index is 0.0675. The van der Waals surface area contributed by atoms with Gasteiger partial charge in [0.15, 0.2) is 0 Å². The summed E-state index contributed by atoms with van der Waals surface area (Å²) in [6.45, 7) is 1.99. The third-order valence-electron chi connectivity index (χ3n) is 3.83. The van der Waals surface area contributed by atoms with Gasteiger partial charge >= 0.3 is 5.97 Å². The van der Waals surface area contributed by atoms with Crippen molar-refractivity contribution in [3.05, 3.63) is 10.6 Å². The number of rotatable bonds is 5. The van der Waals surface area contributed by atoms with Crippen LogP contribution in [0.15, 0.2) is 10.6 Å². The standard InChI is InChI=1S/C12H18N2O4S/c1-5(15)7-8-6(3-4-13)10(19-2)9(12(17)18)14(8)11(7)16/h5-8,15H,3-4,13H2,1-2H3,(H,17,18). The highest BCUT2D eigenvalue weighted by atomic mass is 32.2. The van der Waals surface area contributed by atoms with E-state index in [-0.39, 0.29) is 23.6 Å². The van der Waals surface area contributed by atoms with Crippen LogP contribution in [0.25, 0.3) is 0 Å². The Hall–Kier alpha value is -1.05. The summed E-state index contributed by atoms with van der Waals surface area (Å²) in [6, 6.07) is -0.260. The van der Waals surface area contributed by atoms with Crippen molar-refractivity contribution in [3.63, 3.8) is 0 Å². The van der Waals surface area contributed by atoms with Gasteiger partial charge in [-0.2, -0.15) is 0 Å². The molecule has 0 aliphatic carbocycles. The van der Waals surface area contributed by atoms with Crippen molar-refractivity contribution in [2.45, 2.75) is 25.5 Å². The number of nitrogens with zero attached hydrogens (tertiary/aromatic N) is 1. The third kappa shape index (κ3) is 1.96. The van der Waals surface area contributed by atoms with Crippen LogP contribution in [0, 0.1) is 11.8 Å². The number of fused-ring (bicyclic) bond motifs is 1. The molecule has 0 aromatic heterocycles. The number of carbonyl (C=O) groups is 2. The molecule has 1 saturated heterocycles. The highest BCUT2D eigenvalue weighted by Gasteiger charge is 2.60. The Morgan fingerprint density at radius 1 is 1.58 bits per heavy atom. The van der Waals surface area contributed by atoms with Gasteiger partial charge in [0.05, 0.1) is 18.1 Å². The summed E-state index contributed by atoms with van der Waals surface area (Å²) in [5, 5.41) is 19.0. The average molecular weight is 286 g/mol. The van der Waals surface area contributed by atoms with E-state index < -0.39 is 18.0 Å². The molecule has 2 heterocycles. The molecule has 2 aliphatic rings. The zero-order valence-electron chi connectivity index (χ0n) is 10.9. The van der Waals surface area contributed by atoms with E-state index in [0.717, 1.165) is 0 Å². The number of aliphatic hydroxyl groups is 1. The Kier molecular flexibility index (Phi) is 3.89. The van der Waals surface area contributed by atoms with Gasteiger partial charge in [-0.3, -0.25) is 4.79 Å². The number of hydrogen-bond acceptors (Lipinski definition) is 5. The molecule has 0 saturated carbocycles. The first-order valence-electron chi connectivity index (χ1n) is 6.18. The fourth-order valence-corrected chi connectivity index (χ4v) is 4.04. The number of nitrogens with two attached hydrogens (primary N) is 1. The Balaban J connectivity index is 2.41. The predicted octanol–water partition coefficient (Wildman–Crippen LogP) is -0.168. The van der Waals surface area contributed by atoms with Gasteiger partial charge in [-0.15, -0.1) is 11.8 Å². The quantitative estimate of drug-likeness (QED) is 0.606. The fraction of sp³-hybridized carbons (Fsp3) is 0.667. The van der Waals surface area contributed by atoms with Crippen molar-refractivity contribution in [3.8, 4) is 0 Å². The number of aliphatic hydroxyl groups excluding tert-OH is 1. The van der Waals surface area contributed by atoms with E-state index in [4.69, 9.17) is 5.73 Å². The van der Waals surface area contributed by atoms with Gasteiger partial charge in [0.2, 0.25) is 5.91 Å². The molecular weight excluding hydrogens is 268 g/mol. The number of hydrogen-bond donors (Lipinski definition) is 3. The first-order valence-corrected chi connectivity index (χ1v) is 7.40. The summed E-state index contributed by atoms with van der Waals surface area (Å²) < 4.78 is 0. The van der Waals surface area contributed by atoms with Crippen molar-refractivity contribution in [1.82, 2.24) is 4.90 Å². The maximum Gasteiger partial charge on any atom is 0.353 e. The molecule has 1 fully saturated rings. The molecular formula is C12H18N2O4S. The molecule has 0 aromatic carbocycles. The van der Waals surface area contributed by atoms with E-state index >= 15 is 0 Å². The maximum absolute atomic E-state index is 12.0. The lowest BCUT2D eigenvalue weighted by molar-refractivity contribution is -0.163. The van der Waals surface area contributed by atoms with Crippen molar-refractivity contribution in [1.29, 1.82) is 0 Å². The summed E-state index contributed by atoms with van der Waals surface area (Å²) in [6.07, 6.45) is 1.64. The van der Waals surface area contributed by atoms with Crippen LogP contribution in [0.2, 0.25) is 0 Å². The highest BCUT2D eigenvalue weighted by Crippen LogP contribution is 2.51. The molecule has 0 spiro atoms. The van der Waals surface area contributed by atoms with Gasteiger partial charge in [0.25, 0.3) is 0 Å². The fourth-order valence-electron chi connectivity index (χ4n) is 3.10. The number of thioether (sulfide) groups is 1. The smallest absolute Gasteiger partial charge is 0.353 e. The summed E-state index contributed by atoms with van der Waals surface area (Å²) >= 11 is 1.35. The molecule has 4 N–H and O–H groups in total. The monoisotopic (exact) mass is 286 g/mol. The number of carboxylic acid groups (broad SMARTS) is 1. The molecule has 2 rings (SSSR count). The maximum atomic E-state index is 12.0. The lowest BCUT2D eigenvalue weighted by Gasteiger charge is -2.47. The van der Waals surface area contributed by atoms with Gasteiger partial charge < -0.3 is 20.8 Å². The van der Waals surface area contributed by atoms with Crippen molar-refractivity contribution in [2.75, 3.05) is 12.8 Å². The van der Waals surface area contributed by atoms with Crippen LogP contribution in [-0.2, 0) is 9.59 Å². The first-order chi connectivity index (χ1) is 8.95. The molecule has 7 heteroatoms. The van der Waals surface area contributed by atoms with E-state index in [1.165, 1.54) is 16.7 Å². The van der Waals surface area contributed by atoms with E-state index in [9.17, 15) is 19.8 Å². The molecule has 19 heavy (non-hydrogen) atoms. The summed E-state index contributed by atoms with van der Waals surface area (Å²) in [5.41, 5.74) is 5.66. The van der Waals surface area contributed by atoms with E-state index in [2.05, 4.69) is 0 Å². The van der Waals surface area contributed by atoms with Crippen LogP contribution in [0.5, 0.6) is 0 Å². The number of aliphatic carboxylic acids is 1. The first kappa shape index (κ1) is 14.4. The minimum Gasteiger partial charge on any atom is -0.477 e. The predicted molar refractivity (Wildman–Crippen MR) is 71.1 cm³/mol. The number of amides is 1. The largest absolute Gasteiger partial charge is 0.477 e. The molecule has 0 radical (unpaired) electrons. The molecule has 2 aliphatic heterocycles. The molecule has 106 valence electrons. The zero-order chi connectivity index (χ0) is 14.3. The van der Waals surface area contributed by atoms with E-state index in [0.29, 0.717) is 17.9 Å². The van der Waals surface area contributed by atoms with E-state index in [1.807, 2.05) is 0 Å². The second-order valence-corrected chi connectivity index (χ2v) is 5.72. The van der Waals surface area contributed by atoms with Crippen LogP contribution in [0.1, 0.15) is 13.3 Å². The lowest BCUT2D eigenvalue weighted by Crippen LogP contribution is -2.64. The number of β-lactam (4-membered cyclic amide) rings is 1. The Morgan fingerprint density at radius 2 is 2.21 bits per heavy atom. The zero-order valence-corrected chi connectivity index (χ0v) is 11.7. The SMILES string of the molecule is CSC1=C(C(=O)O)N2C(=O)C(C(C)O)C2C1CCN. The van der Waals surface area contributed by atoms with Crippen LogP contribution in [0.3, 0.4) is 0 Å². The molecule has 6 nitrogen and oxygen atoms in total. The summed E-state index contributed by atoms with van der Waals surface area (Å²) in [7, 11) is 0. The Labute approximate surface area is 115 Å². The van der Waals surface area contributed by atoms with Crippen molar-refractivity contribution < 1.29 is 19.8 Å². The third-order valence-corrected chi connectivity index (χ3v) is 4.77. The molecule has 1 amide bonds. The lowest BCUT2D eigenvalue weighted by atomic mass is 9.77. The van der Waals surface area contributed by atoms with Crippen molar-refractivity contribution >= 4 is 23.6 Å². The summed E-state index contributed by atoms with van der Waals surface area (Å²) in [5.74, 6) is -1.99. The van der Waals surface area contributed by atoms with Gasteiger partial charge in [0.1, 0.15) is 5.70 Å². The van der Waals surface area contributed by atoms with Crippen LogP contribution < -0.4 is 5.73 Å². The average Bonchev–Trinajstić information content (AvgIpc) is 2.59. The molecule has 4 atom stereocenters. The molecule has 0 bridgehead atoms. The number of carbonyl (C=O) groups excluding carboxylic acids is 1. The Bertz CT molecular complexity index is 449. The minimum atomic E-state index is -1.09. The Morgan fingerprint density at radius 3 is 2.63 bits per heavy atom. The summed E-state index contributed by atoms with van der Waals surface area (Å²) in [4.78, 5) is 25.4. The molecule has 4 unspecified atom stereocenters.